The normalized spacial score (nSPS) is 14.1. The van der Waals surface area contributed by atoms with Crippen LogP contribution in [0.5, 0.6) is 5.88 Å². The van der Waals surface area contributed by atoms with Crippen LogP contribution >= 0.6 is 0 Å². The Morgan fingerprint density at radius 2 is 1.86 bits per heavy atom. The number of non-ortho nitro benzene ring substituents is 1. The molecule has 0 unspecified atom stereocenters. The first-order valence-electron chi connectivity index (χ1n) is 11.5. The average Bonchev–Trinajstić information content (AvgIpc) is 3.43. The minimum atomic E-state index is -0.457. The van der Waals surface area contributed by atoms with Gasteiger partial charge >= 0.3 is 0 Å². The molecule has 176 valence electrons. The first-order valence-corrected chi connectivity index (χ1v) is 11.5. The van der Waals surface area contributed by atoms with Crippen LogP contribution in [-0.2, 0) is 11.2 Å². The van der Waals surface area contributed by atoms with Gasteiger partial charge in [-0.25, -0.2) is 4.99 Å². The van der Waals surface area contributed by atoms with Crippen LogP contribution in [0.1, 0.15) is 29.5 Å². The number of nitro benzene ring substituents is 1. The van der Waals surface area contributed by atoms with Gasteiger partial charge in [-0.3, -0.25) is 14.9 Å². The lowest BCUT2D eigenvalue weighted by Gasteiger charge is -2.15. The summed E-state index contributed by atoms with van der Waals surface area (Å²) in [5.74, 6) is 0.118. The molecule has 0 radical (unpaired) electrons. The monoisotopic (exact) mass is 468 g/mol. The zero-order chi connectivity index (χ0) is 24.4. The molecule has 8 nitrogen and oxygen atoms in total. The molecule has 1 fully saturated rings. The number of H-pyrrole nitrogens is 1. The molecule has 1 aromatic heterocycles. The number of nitrogens with zero attached hydrogens (tertiary/aromatic N) is 3. The molecule has 1 aliphatic heterocycles. The van der Waals surface area contributed by atoms with Crippen molar-refractivity contribution in [2.24, 2.45) is 4.99 Å². The fraction of sp³-hybridized carbons (Fsp3) is 0.185. The lowest BCUT2D eigenvalue weighted by atomic mass is 10.0. The zero-order valence-corrected chi connectivity index (χ0v) is 19.0. The van der Waals surface area contributed by atoms with Gasteiger partial charge in [0.25, 0.3) is 5.69 Å². The Labute approximate surface area is 201 Å². The molecule has 0 bridgehead atoms. The van der Waals surface area contributed by atoms with Gasteiger partial charge in [0.15, 0.2) is 5.88 Å². The van der Waals surface area contributed by atoms with E-state index in [9.17, 15) is 20.0 Å². The van der Waals surface area contributed by atoms with E-state index >= 15 is 0 Å². The van der Waals surface area contributed by atoms with Crippen molar-refractivity contribution in [2.75, 3.05) is 13.1 Å². The number of aromatic nitrogens is 1. The van der Waals surface area contributed by atoms with Crippen molar-refractivity contribution in [2.45, 2.75) is 19.3 Å². The highest BCUT2D eigenvalue weighted by Crippen LogP contribution is 2.33. The lowest BCUT2D eigenvalue weighted by Crippen LogP contribution is -2.26. The number of amides is 1. The number of aromatic amines is 1. The molecular weight excluding hydrogens is 444 g/mol. The molecule has 1 amide bonds. The summed E-state index contributed by atoms with van der Waals surface area (Å²) < 4.78 is 0. The molecule has 4 aromatic rings. The number of aromatic hydroxyl groups is 1. The molecule has 0 saturated carbocycles. The van der Waals surface area contributed by atoms with Crippen molar-refractivity contribution in [1.82, 2.24) is 9.88 Å². The summed E-state index contributed by atoms with van der Waals surface area (Å²) in [7, 11) is 0. The molecule has 1 aliphatic rings. The molecule has 35 heavy (non-hydrogen) atoms. The van der Waals surface area contributed by atoms with Crippen molar-refractivity contribution in [1.29, 1.82) is 0 Å². The van der Waals surface area contributed by atoms with Crippen LogP contribution in [-0.4, -0.2) is 44.6 Å². The Morgan fingerprint density at radius 3 is 2.54 bits per heavy atom. The van der Waals surface area contributed by atoms with Crippen molar-refractivity contribution < 1.29 is 14.8 Å². The SMILES string of the molecule is O=C1CCCN1CCc1ccc(N=C(c2ccccc2)c2c(O)[nH]c3ccc([N+](=O)[O-])cc23)cc1. The number of hydrogen-bond acceptors (Lipinski definition) is 5. The number of hydrogen-bond donors (Lipinski definition) is 2. The van der Waals surface area contributed by atoms with E-state index in [-0.39, 0.29) is 17.5 Å². The molecule has 0 spiro atoms. The number of carbonyl (C=O) groups is 1. The highest BCUT2D eigenvalue weighted by atomic mass is 16.6. The number of nitrogens with one attached hydrogen (secondary N) is 1. The number of carbonyl (C=O) groups excluding carboxylic acids is 1. The highest BCUT2D eigenvalue weighted by Gasteiger charge is 2.21. The number of rotatable bonds is 7. The third-order valence-corrected chi connectivity index (χ3v) is 6.28. The average molecular weight is 469 g/mol. The van der Waals surface area contributed by atoms with Gasteiger partial charge in [-0.05, 0) is 36.6 Å². The summed E-state index contributed by atoms with van der Waals surface area (Å²) in [5.41, 5.74) is 3.99. The second kappa shape index (κ2) is 9.42. The molecule has 2 heterocycles. The largest absolute Gasteiger partial charge is 0.494 e. The summed E-state index contributed by atoms with van der Waals surface area (Å²) in [4.78, 5) is 32.4. The van der Waals surface area contributed by atoms with Gasteiger partial charge < -0.3 is 15.0 Å². The molecule has 3 aromatic carbocycles. The quantitative estimate of drug-likeness (QED) is 0.223. The third-order valence-electron chi connectivity index (χ3n) is 6.28. The van der Waals surface area contributed by atoms with Gasteiger partial charge in [0.2, 0.25) is 5.91 Å². The topological polar surface area (TPSA) is 112 Å². The van der Waals surface area contributed by atoms with Gasteiger partial charge in [0.05, 0.1) is 21.9 Å². The van der Waals surface area contributed by atoms with E-state index in [1.807, 2.05) is 59.5 Å². The Bertz CT molecular complexity index is 1430. The summed E-state index contributed by atoms with van der Waals surface area (Å²) in [6.45, 7) is 1.53. The molecule has 8 heteroatoms. The van der Waals surface area contributed by atoms with Crippen molar-refractivity contribution in [3.8, 4) is 5.88 Å². The van der Waals surface area contributed by atoms with Gasteiger partial charge in [-0.2, -0.15) is 0 Å². The van der Waals surface area contributed by atoms with Crippen molar-refractivity contribution in [3.63, 3.8) is 0 Å². The van der Waals surface area contributed by atoms with Gasteiger partial charge in [-0.1, -0.05) is 42.5 Å². The van der Waals surface area contributed by atoms with E-state index < -0.39 is 4.92 Å². The Hall–Kier alpha value is -4.46. The fourth-order valence-corrected chi connectivity index (χ4v) is 4.45. The first-order chi connectivity index (χ1) is 17.0. The summed E-state index contributed by atoms with van der Waals surface area (Å²) in [6, 6.07) is 21.6. The van der Waals surface area contributed by atoms with Crippen LogP contribution < -0.4 is 0 Å². The Balaban J connectivity index is 1.52. The van der Waals surface area contributed by atoms with Crippen molar-refractivity contribution >= 4 is 33.9 Å². The van der Waals surface area contributed by atoms with Crippen molar-refractivity contribution in [3.05, 3.63) is 99.6 Å². The fourth-order valence-electron chi connectivity index (χ4n) is 4.45. The molecule has 1 saturated heterocycles. The van der Waals surface area contributed by atoms with E-state index in [0.29, 0.717) is 40.8 Å². The maximum Gasteiger partial charge on any atom is 0.270 e. The van der Waals surface area contributed by atoms with E-state index in [1.54, 1.807) is 6.07 Å². The predicted octanol–water partition coefficient (Wildman–Crippen LogP) is 5.12. The van der Waals surface area contributed by atoms with Crippen LogP contribution in [0.15, 0.2) is 77.8 Å². The molecule has 2 N–H and O–H groups in total. The summed E-state index contributed by atoms with van der Waals surface area (Å²) >= 11 is 0. The standard InChI is InChI=1S/C27H24N4O4/c32-24-7-4-15-30(24)16-14-18-8-10-20(11-9-18)28-26(19-5-2-1-3-6-19)25-22-17-21(31(34)35)12-13-23(22)29-27(25)33/h1-3,5-6,8-13,17,29,33H,4,7,14-16H2. The Kier molecular flexibility index (Phi) is 6.01. The lowest BCUT2D eigenvalue weighted by molar-refractivity contribution is -0.384. The minimum Gasteiger partial charge on any atom is -0.494 e. The molecule has 0 aliphatic carbocycles. The second-order valence-corrected chi connectivity index (χ2v) is 8.56. The number of aliphatic imine (C=N–C) groups is 1. The number of fused-ring (bicyclic) bond motifs is 1. The summed E-state index contributed by atoms with van der Waals surface area (Å²) in [5, 5.41) is 22.7. The second-order valence-electron chi connectivity index (χ2n) is 8.56. The maximum absolute atomic E-state index is 11.8. The van der Waals surface area contributed by atoms with Crippen LogP contribution in [0.3, 0.4) is 0 Å². The van der Waals surface area contributed by atoms with E-state index in [4.69, 9.17) is 4.99 Å². The van der Waals surface area contributed by atoms with Crippen LogP contribution in [0.4, 0.5) is 11.4 Å². The highest BCUT2D eigenvalue weighted by molar-refractivity contribution is 6.22. The molecular formula is C27H24N4O4. The molecule has 0 atom stereocenters. The first kappa shape index (κ1) is 22.3. The van der Waals surface area contributed by atoms with E-state index in [1.165, 1.54) is 12.1 Å². The van der Waals surface area contributed by atoms with Gasteiger partial charge in [-0.15, -0.1) is 0 Å². The van der Waals surface area contributed by atoms with Crippen LogP contribution in [0.25, 0.3) is 10.9 Å². The van der Waals surface area contributed by atoms with E-state index in [2.05, 4.69) is 4.98 Å². The summed E-state index contributed by atoms with van der Waals surface area (Å²) in [6.07, 6.45) is 2.34. The van der Waals surface area contributed by atoms with Gasteiger partial charge in [0.1, 0.15) is 0 Å². The Morgan fingerprint density at radius 1 is 1.09 bits per heavy atom. The number of benzene rings is 3. The third kappa shape index (κ3) is 4.63. The van der Waals surface area contributed by atoms with Crippen LogP contribution in [0.2, 0.25) is 0 Å². The maximum atomic E-state index is 11.8. The van der Waals surface area contributed by atoms with E-state index in [0.717, 1.165) is 30.5 Å². The zero-order valence-electron chi connectivity index (χ0n) is 19.0. The molecule has 5 rings (SSSR count). The number of likely N-dealkylation sites (tertiary alicyclic amines) is 1. The van der Waals surface area contributed by atoms with Crippen LogP contribution in [0, 0.1) is 10.1 Å². The number of nitro groups is 1. The predicted molar refractivity (Wildman–Crippen MR) is 134 cm³/mol. The smallest absolute Gasteiger partial charge is 0.270 e. The minimum absolute atomic E-state index is 0.0639. The van der Waals surface area contributed by atoms with Gasteiger partial charge in [0, 0.05) is 48.1 Å².